The molecule has 0 spiro atoms. The van der Waals surface area contributed by atoms with Crippen LogP contribution in [-0.4, -0.2) is 5.78 Å². The van der Waals surface area contributed by atoms with Crippen molar-refractivity contribution in [2.45, 2.75) is 20.8 Å². The third kappa shape index (κ3) is 2.77. The number of benzene rings is 1. The molecule has 2 rings (SSSR count). The molecule has 1 heterocycles. The van der Waals surface area contributed by atoms with Crippen molar-refractivity contribution in [2.24, 2.45) is 0 Å². The third-order valence-electron chi connectivity index (χ3n) is 2.90. The molecular weight excluding hydrogens is 240 g/mol. The molecule has 0 atom stereocenters. The van der Waals surface area contributed by atoms with Gasteiger partial charge in [0, 0.05) is 0 Å². The minimum absolute atomic E-state index is 0.0735. The van der Waals surface area contributed by atoms with Crippen LogP contribution in [0.2, 0.25) is 0 Å². The van der Waals surface area contributed by atoms with Crippen LogP contribution in [0.4, 0.5) is 0 Å². The molecule has 0 N–H and O–H groups in total. The van der Waals surface area contributed by atoms with Crippen molar-refractivity contribution in [1.29, 1.82) is 0 Å². The molecule has 0 aliphatic rings. The fourth-order valence-electron chi connectivity index (χ4n) is 2.11. The molecule has 0 radical (unpaired) electrons. The van der Waals surface area contributed by atoms with Gasteiger partial charge in [0.2, 0.25) is 0 Å². The number of allylic oxidation sites excluding steroid dienone is 1. The van der Waals surface area contributed by atoms with E-state index in [2.05, 4.69) is 32.9 Å². The van der Waals surface area contributed by atoms with E-state index in [0.29, 0.717) is 0 Å². The van der Waals surface area contributed by atoms with Crippen molar-refractivity contribution in [1.82, 2.24) is 0 Å². The van der Waals surface area contributed by atoms with Crippen molar-refractivity contribution in [3.63, 3.8) is 0 Å². The van der Waals surface area contributed by atoms with Crippen LogP contribution in [0.5, 0.6) is 0 Å². The van der Waals surface area contributed by atoms with Gasteiger partial charge in [0.05, 0.1) is 4.88 Å². The lowest BCUT2D eigenvalue weighted by atomic mass is 9.99. The molecule has 18 heavy (non-hydrogen) atoms. The number of thiophene rings is 1. The van der Waals surface area contributed by atoms with Gasteiger partial charge < -0.3 is 0 Å². The first kappa shape index (κ1) is 12.8. The molecule has 1 aromatic carbocycles. The normalized spacial score (nSPS) is 11.1. The van der Waals surface area contributed by atoms with Crippen LogP contribution in [0.1, 0.15) is 31.9 Å². The van der Waals surface area contributed by atoms with Gasteiger partial charge in [-0.25, -0.2) is 0 Å². The number of rotatable bonds is 3. The maximum atomic E-state index is 11.9. The van der Waals surface area contributed by atoms with E-state index in [9.17, 15) is 4.79 Å². The highest BCUT2D eigenvalue weighted by Gasteiger charge is 2.04. The van der Waals surface area contributed by atoms with E-state index in [1.165, 1.54) is 28.0 Å². The molecule has 1 aromatic heterocycles. The van der Waals surface area contributed by atoms with Crippen LogP contribution >= 0.6 is 11.3 Å². The van der Waals surface area contributed by atoms with Gasteiger partial charge in [-0.1, -0.05) is 29.8 Å². The van der Waals surface area contributed by atoms with E-state index in [1.54, 1.807) is 6.08 Å². The predicted molar refractivity (Wildman–Crippen MR) is 78.3 cm³/mol. The smallest absolute Gasteiger partial charge is 0.195 e. The minimum Gasteiger partial charge on any atom is -0.288 e. The van der Waals surface area contributed by atoms with E-state index >= 15 is 0 Å². The lowest BCUT2D eigenvalue weighted by Crippen LogP contribution is -1.92. The maximum absolute atomic E-state index is 11.9. The second-order valence-electron chi connectivity index (χ2n) is 4.49. The number of carbonyl (C=O) groups excluding carboxylic acids is 1. The Morgan fingerprint density at radius 3 is 2.39 bits per heavy atom. The molecule has 0 aliphatic carbocycles. The first-order valence-corrected chi connectivity index (χ1v) is 6.79. The first-order chi connectivity index (χ1) is 8.58. The van der Waals surface area contributed by atoms with Crippen LogP contribution in [0.25, 0.3) is 6.08 Å². The molecule has 0 unspecified atom stereocenters. The SMILES string of the molecule is Cc1cc(C)c(/C=C/C(=O)c2cccs2)c(C)c1. The Morgan fingerprint density at radius 2 is 1.83 bits per heavy atom. The lowest BCUT2D eigenvalue weighted by molar-refractivity contribution is 0.105. The molecular formula is C16H16OS. The summed E-state index contributed by atoms with van der Waals surface area (Å²) in [5, 5.41) is 1.92. The molecule has 0 bridgehead atoms. The molecule has 0 saturated heterocycles. The summed E-state index contributed by atoms with van der Waals surface area (Å²) < 4.78 is 0. The van der Waals surface area contributed by atoms with Gasteiger partial charge in [0.15, 0.2) is 5.78 Å². The largest absolute Gasteiger partial charge is 0.288 e. The lowest BCUT2D eigenvalue weighted by Gasteiger charge is -2.06. The topological polar surface area (TPSA) is 17.1 Å². The van der Waals surface area contributed by atoms with E-state index in [-0.39, 0.29) is 5.78 Å². The number of carbonyl (C=O) groups is 1. The first-order valence-electron chi connectivity index (χ1n) is 5.91. The van der Waals surface area contributed by atoms with E-state index < -0.39 is 0 Å². The average molecular weight is 256 g/mol. The van der Waals surface area contributed by atoms with Gasteiger partial charge in [0.25, 0.3) is 0 Å². The van der Waals surface area contributed by atoms with Crippen LogP contribution in [0, 0.1) is 20.8 Å². The second-order valence-corrected chi connectivity index (χ2v) is 5.43. The summed E-state index contributed by atoms with van der Waals surface area (Å²) in [5.74, 6) is 0.0735. The third-order valence-corrected chi connectivity index (χ3v) is 3.79. The zero-order valence-corrected chi connectivity index (χ0v) is 11.7. The monoisotopic (exact) mass is 256 g/mol. The van der Waals surface area contributed by atoms with Gasteiger partial charge >= 0.3 is 0 Å². The van der Waals surface area contributed by atoms with Crippen LogP contribution in [0.15, 0.2) is 35.7 Å². The van der Waals surface area contributed by atoms with E-state index in [4.69, 9.17) is 0 Å². The summed E-state index contributed by atoms with van der Waals surface area (Å²) in [6.45, 7) is 6.24. The van der Waals surface area contributed by atoms with Gasteiger partial charge in [-0.05, 0) is 55.0 Å². The summed E-state index contributed by atoms with van der Waals surface area (Å²) in [6.07, 6.45) is 3.59. The molecule has 2 heteroatoms. The van der Waals surface area contributed by atoms with Crippen molar-refractivity contribution in [2.75, 3.05) is 0 Å². The Labute approximate surface area is 112 Å². The zero-order chi connectivity index (χ0) is 13.1. The van der Waals surface area contributed by atoms with Gasteiger partial charge in [-0.3, -0.25) is 4.79 Å². The summed E-state index contributed by atoms with van der Waals surface area (Å²) in [4.78, 5) is 12.7. The second kappa shape index (κ2) is 5.32. The van der Waals surface area contributed by atoms with Crippen molar-refractivity contribution in [3.8, 4) is 0 Å². The summed E-state index contributed by atoms with van der Waals surface area (Å²) in [7, 11) is 0. The molecule has 0 saturated carbocycles. The average Bonchev–Trinajstić information content (AvgIpc) is 2.80. The number of ketones is 1. The Bertz CT molecular complexity index is 569. The molecule has 0 amide bonds. The molecule has 92 valence electrons. The standard InChI is InChI=1S/C16H16OS/c1-11-9-12(2)14(13(3)10-11)6-7-15(17)16-5-4-8-18-16/h4-10H,1-3H3/b7-6+. The van der Waals surface area contributed by atoms with Gasteiger partial charge in [-0.2, -0.15) is 0 Å². The van der Waals surface area contributed by atoms with Crippen LogP contribution in [-0.2, 0) is 0 Å². The fourth-order valence-corrected chi connectivity index (χ4v) is 2.76. The van der Waals surface area contributed by atoms with Crippen molar-refractivity contribution >= 4 is 23.2 Å². The summed E-state index contributed by atoms with van der Waals surface area (Å²) in [5.41, 5.74) is 4.82. The number of hydrogen-bond acceptors (Lipinski definition) is 2. The van der Waals surface area contributed by atoms with Crippen LogP contribution in [0.3, 0.4) is 0 Å². The van der Waals surface area contributed by atoms with Gasteiger partial charge in [-0.15, -0.1) is 11.3 Å². The Kier molecular flexibility index (Phi) is 3.78. The van der Waals surface area contributed by atoms with Crippen molar-refractivity contribution < 1.29 is 4.79 Å². The fraction of sp³-hybridized carbons (Fsp3) is 0.188. The predicted octanol–water partition coefficient (Wildman–Crippen LogP) is 4.57. The molecule has 2 aromatic rings. The summed E-state index contributed by atoms with van der Waals surface area (Å²) >= 11 is 1.48. The molecule has 0 aliphatic heterocycles. The highest BCUT2D eigenvalue weighted by atomic mass is 32.1. The van der Waals surface area contributed by atoms with Crippen LogP contribution < -0.4 is 0 Å². The minimum atomic E-state index is 0.0735. The quantitative estimate of drug-likeness (QED) is 0.580. The van der Waals surface area contributed by atoms with Gasteiger partial charge in [0.1, 0.15) is 0 Å². The number of hydrogen-bond donors (Lipinski definition) is 0. The van der Waals surface area contributed by atoms with Crippen molar-refractivity contribution in [3.05, 3.63) is 62.9 Å². The molecule has 1 nitrogen and oxygen atoms in total. The highest BCUT2D eigenvalue weighted by Crippen LogP contribution is 2.18. The number of aryl methyl sites for hydroxylation is 3. The Morgan fingerprint density at radius 1 is 1.17 bits per heavy atom. The molecule has 0 fully saturated rings. The van der Waals surface area contributed by atoms with E-state index in [0.717, 1.165) is 10.4 Å². The maximum Gasteiger partial charge on any atom is 0.195 e. The highest BCUT2D eigenvalue weighted by molar-refractivity contribution is 7.12. The van der Waals surface area contributed by atoms with E-state index in [1.807, 2.05) is 23.6 Å². The Hall–Kier alpha value is -1.67. The summed E-state index contributed by atoms with van der Waals surface area (Å²) in [6, 6.07) is 8.03. The zero-order valence-electron chi connectivity index (χ0n) is 10.9. The Balaban J connectivity index is 2.27.